The van der Waals surface area contributed by atoms with E-state index in [-0.39, 0.29) is 0 Å². The Balaban J connectivity index is 1.67. The quantitative estimate of drug-likeness (QED) is 0.127. The molecule has 1 nitrogen and oxygen atoms in total. The first-order valence-corrected chi connectivity index (χ1v) is 22.9. The van der Waals surface area contributed by atoms with Crippen molar-refractivity contribution >= 4 is 60.3 Å². The SMILES string of the molecule is CCC[CH2][Sn]([CH2]CCC)([CH2]CCC)[c]1ccc(-c2ccc(N(c3ccccc3)c3ccccc3)s2)s1. The summed E-state index contributed by atoms with van der Waals surface area (Å²) < 4.78 is 6.44. The Morgan fingerprint density at radius 1 is 0.556 bits per heavy atom. The van der Waals surface area contributed by atoms with Crippen molar-refractivity contribution in [3.8, 4) is 9.75 Å². The molecule has 2 aromatic heterocycles. The van der Waals surface area contributed by atoms with Crippen molar-refractivity contribution in [2.24, 2.45) is 0 Å². The molecule has 0 aliphatic heterocycles. The number of hydrogen-bond donors (Lipinski definition) is 0. The second-order valence-corrected chi connectivity index (χ2v) is 26.2. The first kappa shape index (κ1) is 27.5. The van der Waals surface area contributed by atoms with Gasteiger partial charge >= 0.3 is 233 Å². The fraction of sp³-hybridized carbons (Fsp3) is 0.375. The average Bonchev–Trinajstić information content (AvgIpc) is 3.61. The molecule has 2 aromatic carbocycles. The van der Waals surface area contributed by atoms with Crippen molar-refractivity contribution < 1.29 is 0 Å². The normalized spacial score (nSPS) is 11.6. The molecule has 36 heavy (non-hydrogen) atoms. The monoisotopic (exact) mass is 623 g/mol. The van der Waals surface area contributed by atoms with Gasteiger partial charge in [0.15, 0.2) is 0 Å². The second-order valence-electron chi connectivity index (χ2n) is 9.90. The molecule has 190 valence electrons. The zero-order valence-electron chi connectivity index (χ0n) is 22.2. The van der Waals surface area contributed by atoms with E-state index in [0.717, 1.165) is 0 Å². The summed E-state index contributed by atoms with van der Waals surface area (Å²) in [6, 6.07) is 31.1. The summed E-state index contributed by atoms with van der Waals surface area (Å²) in [5, 5.41) is 1.27. The number of hydrogen-bond acceptors (Lipinski definition) is 3. The molecule has 4 heteroatoms. The summed E-state index contributed by atoms with van der Waals surface area (Å²) in [6.45, 7) is 7.11. The predicted octanol–water partition coefficient (Wildman–Crippen LogP) is 11.0. The van der Waals surface area contributed by atoms with Gasteiger partial charge in [-0.2, -0.15) is 0 Å². The van der Waals surface area contributed by atoms with Crippen molar-refractivity contribution in [2.45, 2.75) is 72.6 Å². The van der Waals surface area contributed by atoms with Crippen LogP contribution in [0.2, 0.25) is 13.3 Å². The van der Waals surface area contributed by atoms with Gasteiger partial charge in [0.2, 0.25) is 0 Å². The van der Waals surface area contributed by atoms with Crippen LogP contribution in [0.15, 0.2) is 84.9 Å². The number of unbranched alkanes of at least 4 members (excludes halogenated alkanes) is 3. The Morgan fingerprint density at radius 2 is 1.03 bits per heavy atom. The molecule has 4 aromatic rings. The van der Waals surface area contributed by atoms with Crippen molar-refractivity contribution in [1.29, 1.82) is 0 Å². The zero-order chi connectivity index (χ0) is 25.2. The molecule has 4 rings (SSSR count). The molecule has 0 saturated heterocycles. The summed E-state index contributed by atoms with van der Waals surface area (Å²) in [5.41, 5.74) is 2.41. The Bertz CT molecular complexity index is 1100. The molecule has 0 radical (unpaired) electrons. The predicted molar refractivity (Wildman–Crippen MR) is 167 cm³/mol. The molecule has 0 aliphatic rings. The molecule has 0 N–H and O–H groups in total. The third-order valence-corrected chi connectivity index (χ3v) is 27.9. The van der Waals surface area contributed by atoms with E-state index in [2.05, 4.69) is 122 Å². The number of benzene rings is 2. The van der Waals surface area contributed by atoms with Gasteiger partial charge < -0.3 is 0 Å². The molecular formula is C32H41NS2Sn. The van der Waals surface area contributed by atoms with Gasteiger partial charge in [-0.1, -0.05) is 0 Å². The molecule has 0 saturated carbocycles. The fourth-order valence-corrected chi connectivity index (χ4v) is 26.5. The Morgan fingerprint density at radius 3 is 1.53 bits per heavy atom. The summed E-state index contributed by atoms with van der Waals surface area (Å²) in [6.07, 6.45) is 8.25. The van der Waals surface area contributed by atoms with Crippen LogP contribution in [0.5, 0.6) is 0 Å². The Labute approximate surface area is 231 Å². The van der Waals surface area contributed by atoms with E-state index in [1.807, 2.05) is 14.2 Å². The molecule has 0 spiro atoms. The molecule has 2 heterocycles. The fourth-order valence-electron chi connectivity index (χ4n) is 5.18. The summed E-state index contributed by atoms with van der Waals surface area (Å²) >= 11 is 1.69. The van der Waals surface area contributed by atoms with Gasteiger partial charge in [0.05, 0.1) is 0 Å². The molecular weight excluding hydrogens is 581 g/mol. The van der Waals surface area contributed by atoms with Crippen LogP contribution < -0.4 is 7.79 Å². The maximum atomic E-state index is 2.56. The van der Waals surface area contributed by atoms with Gasteiger partial charge in [-0.3, -0.25) is 0 Å². The molecule has 0 unspecified atom stereocenters. The minimum atomic E-state index is -2.38. The van der Waals surface area contributed by atoms with E-state index in [1.165, 1.54) is 78.0 Å². The van der Waals surface area contributed by atoms with Gasteiger partial charge in [-0.25, -0.2) is 0 Å². The first-order chi connectivity index (χ1) is 17.7. The van der Waals surface area contributed by atoms with Crippen LogP contribution >= 0.6 is 22.7 Å². The van der Waals surface area contributed by atoms with E-state index < -0.39 is 18.4 Å². The molecule has 0 amide bonds. The van der Waals surface area contributed by atoms with Gasteiger partial charge in [0.1, 0.15) is 0 Å². The van der Waals surface area contributed by atoms with Gasteiger partial charge in [0, 0.05) is 0 Å². The van der Waals surface area contributed by atoms with E-state index in [0.29, 0.717) is 0 Å². The third kappa shape index (κ3) is 6.65. The van der Waals surface area contributed by atoms with Gasteiger partial charge in [-0.05, 0) is 0 Å². The minimum absolute atomic E-state index is 1.21. The van der Waals surface area contributed by atoms with Crippen LogP contribution in [0.25, 0.3) is 9.75 Å². The topological polar surface area (TPSA) is 3.24 Å². The standard InChI is InChI=1S/C20H14NS2.3C4H9.Sn/c1-3-8-16(9-4-1)21(17-10-5-2-6-11-17)20-14-13-19(23-20)18-12-7-15-22-18;3*1-3-4-2;/h1-14H;3*1,3-4H2,2H3;. The maximum absolute atomic E-state index is 2.56. The van der Waals surface area contributed by atoms with Crippen molar-refractivity contribution in [3.05, 3.63) is 84.9 Å². The van der Waals surface area contributed by atoms with E-state index in [9.17, 15) is 0 Å². The number of thiophene rings is 2. The van der Waals surface area contributed by atoms with Crippen LogP contribution in [0.3, 0.4) is 0 Å². The Hall–Kier alpha value is -1.56. The number of rotatable bonds is 14. The Kier molecular flexibility index (Phi) is 10.6. The van der Waals surface area contributed by atoms with Crippen LogP contribution in [-0.2, 0) is 0 Å². The molecule has 0 aliphatic carbocycles. The van der Waals surface area contributed by atoms with Crippen LogP contribution in [-0.4, -0.2) is 18.4 Å². The van der Waals surface area contributed by atoms with Gasteiger partial charge in [-0.15, -0.1) is 0 Å². The zero-order valence-corrected chi connectivity index (χ0v) is 26.7. The number of anilines is 3. The van der Waals surface area contributed by atoms with Crippen molar-refractivity contribution in [3.63, 3.8) is 0 Å². The summed E-state index contributed by atoms with van der Waals surface area (Å²) in [5.74, 6) is 0. The van der Waals surface area contributed by atoms with Crippen molar-refractivity contribution in [1.82, 2.24) is 0 Å². The van der Waals surface area contributed by atoms with E-state index in [1.54, 1.807) is 0 Å². The van der Waals surface area contributed by atoms with Crippen molar-refractivity contribution in [2.75, 3.05) is 4.90 Å². The van der Waals surface area contributed by atoms with Gasteiger partial charge in [0.25, 0.3) is 0 Å². The summed E-state index contributed by atoms with van der Waals surface area (Å²) in [4.78, 5) is 5.25. The number of nitrogens with zero attached hydrogens (tertiary/aromatic N) is 1. The van der Waals surface area contributed by atoms with Crippen LogP contribution in [0, 0.1) is 0 Å². The average molecular weight is 623 g/mol. The molecule has 0 bridgehead atoms. The van der Waals surface area contributed by atoms with Crippen LogP contribution in [0.4, 0.5) is 16.4 Å². The number of para-hydroxylation sites is 2. The van der Waals surface area contributed by atoms with Crippen LogP contribution in [0.1, 0.15) is 59.3 Å². The second kappa shape index (κ2) is 13.8. The molecule has 0 fully saturated rings. The molecule has 0 atom stereocenters. The van der Waals surface area contributed by atoms with E-state index >= 15 is 0 Å². The first-order valence-electron chi connectivity index (χ1n) is 13.8. The van der Waals surface area contributed by atoms with E-state index in [4.69, 9.17) is 0 Å². The third-order valence-electron chi connectivity index (χ3n) is 7.24. The summed E-state index contributed by atoms with van der Waals surface area (Å²) in [7, 11) is 0.